The fourth-order valence-corrected chi connectivity index (χ4v) is 3.57. The number of ether oxygens (including phenoxy) is 4. The second-order valence-electron chi connectivity index (χ2n) is 9.16. The Hall–Kier alpha value is -4.04. The van der Waals surface area contributed by atoms with Crippen LogP contribution in [-0.2, 0) is 24.4 Å². The summed E-state index contributed by atoms with van der Waals surface area (Å²) in [6.45, 7) is 3.85. The minimum absolute atomic E-state index is 0.0591. The van der Waals surface area contributed by atoms with Crippen LogP contribution in [0.3, 0.4) is 0 Å². The SMILES string of the molecule is CC(C)(Oc1cccc(OCCCOc2cccc(OS(C)(=O)=O)c2)c1)C(=O)OC(=O)[C@@H](N)CCCN=C(N)N. The van der Waals surface area contributed by atoms with Gasteiger partial charge >= 0.3 is 22.1 Å². The van der Waals surface area contributed by atoms with E-state index in [1.807, 2.05) is 0 Å². The lowest BCUT2D eigenvalue weighted by Gasteiger charge is -2.24. The predicted octanol–water partition coefficient (Wildman–Crippen LogP) is 1.48. The molecular formula is C26H36N4O9S. The van der Waals surface area contributed by atoms with E-state index in [0.29, 0.717) is 49.8 Å². The molecule has 2 aromatic carbocycles. The molecule has 0 saturated carbocycles. The predicted molar refractivity (Wildman–Crippen MR) is 148 cm³/mol. The van der Waals surface area contributed by atoms with Crippen LogP contribution in [0.15, 0.2) is 53.5 Å². The molecule has 0 aliphatic carbocycles. The minimum Gasteiger partial charge on any atom is -0.493 e. The number of carbonyl (C=O) groups is 2. The van der Waals surface area contributed by atoms with E-state index in [9.17, 15) is 18.0 Å². The molecule has 0 aliphatic rings. The molecule has 220 valence electrons. The molecule has 0 aromatic heterocycles. The molecule has 0 aliphatic heterocycles. The Morgan fingerprint density at radius 2 is 1.48 bits per heavy atom. The number of nitrogens with zero attached hydrogens (tertiary/aromatic N) is 1. The summed E-state index contributed by atoms with van der Waals surface area (Å²) < 4.78 is 49.4. The molecule has 0 fully saturated rings. The molecule has 0 spiro atoms. The van der Waals surface area contributed by atoms with Gasteiger partial charge in [-0.3, -0.25) is 4.99 Å². The highest BCUT2D eigenvalue weighted by molar-refractivity contribution is 7.86. The van der Waals surface area contributed by atoms with Crippen molar-refractivity contribution >= 4 is 28.0 Å². The van der Waals surface area contributed by atoms with Crippen LogP contribution < -0.4 is 35.6 Å². The zero-order valence-corrected chi connectivity index (χ0v) is 23.5. The van der Waals surface area contributed by atoms with Gasteiger partial charge in [-0.1, -0.05) is 12.1 Å². The van der Waals surface area contributed by atoms with Gasteiger partial charge in [0.25, 0.3) is 0 Å². The molecule has 1 atom stereocenters. The van der Waals surface area contributed by atoms with E-state index in [4.69, 9.17) is 40.3 Å². The van der Waals surface area contributed by atoms with Crippen LogP contribution in [0.4, 0.5) is 0 Å². The third-order valence-electron chi connectivity index (χ3n) is 5.01. The number of esters is 2. The van der Waals surface area contributed by atoms with Gasteiger partial charge in [-0.2, -0.15) is 8.42 Å². The summed E-state index contributed by atoms with van der Waals surface area (Å²) in [5, 5.41) is 0. The van der Waals surface area contributed by atoms with Gasteiger partial charge in [0.15, 0.2) is 5.96 Å². The number of carbonyl (C=O) groups excluding carboxylic acids is 2. The molecule has 14 heteroatoms. The van der Waals surface area contributed by atoms with Crippen molar-refractivity contribution in [1.29, 1.82) is 0 Å². The van der Waals surface area contributed by atoms with Gasteiger partial charge in [-0.05, 0) is 51.0 Å². The van der Waals surface area contributed by atoms with Crippen LogP contribution in [-0.4, -0.2) is 64.0 Å². The van der Waals surface area contributed by atoms with Crippen molar-refractivity contribution in [2.45, 2.75) is 44.8 Å². The first-order chi connectivity index (χ1) is 18.7. The summed E-state index contributed by atoms with van der Waals surface area (Å²) in [5.74, 6) is -0.401. The second kappa shape index (κ2) is 14.9. The number of hydrogen-bond acceptors (Lipinski definition) is 11. The van der Waals surface area contributed by atoms with Gasteiger partial charge in [-0.25, -0.2) is 9.59 Å². The quantitative estimate of drug-likeness (QED) is 0.0645. The van der Waals surface area contributed by atoms with E-state index in [1.54, 1.807) is 36.4 Å². The Labute approximate surface area is 233 Å². The van der Waals surface area contributed by atoms with Crippen LogP contribution in [0.1, 0.15) is 33.1 Å². The summed E-state index contributed by atoms with van der Waals surface area (Å²) >= 11 is 0. The monoisotopic (exact) mass is 580 g/mol. The highest BCUT2D eigenvalue weighted by Crippen LogP contribution is 2.25. The molecule has 2 rings (SSSR count). The van der Waals surface area contributed by atoms with Crippen LogP contribution in [0.25, 0.3) is 0 Å². The van der Waals surface area contributed by atoms with E-state index in [-0.39, 0.29) is 18.1 Å². The highest BCUT2D eigenvalue weighted by atomic mass is 32.2. The van der Waals surface area contributed by atoms with Crippen molar-refractivity contribution in [2.75, 3.05) is 26.0 Å². The molecule has 6 N–H and O–H groups in total. The lowest BCUT2D eigenvalue weighted by Crippen LogP contribution is -2.44. The van der Waals surface area contributed by atoms with E-state index in [1.165, 1.54) is 26.0 Å². The zero-order valence-electron chi connectivity index (χ0n) is 22.7. The summed E-state index contributed by atoms with van der Waals surface area (Å²) in [4.78, 5) is 28.6. The summed E-state index contributed by atoms with van der Waals surface area (Å²) in [6.07, 6.45) is 2.16. The standard InChI is InChI=1S/C26H36N4O9S/c1-26(2,24(32)37-23(31)22(27)12-6-13-30-25(28)29)38-20-10-4-8-18(16-20)35-14-7-15-36-19-9-5-11-21(17-19)39-40(3,33)34/h4-5,8-11,16-17,22H,6-7,12-15,27H2,1-3H3,(H4,28,29,30)/t22-/m0/s1. The molecule has 0 amide bonds. The topological polar surface area (TPSA) is 205 Å². The Morgan fingerprint density at radius 3 is 2.05 bits per heavy atom. The molecule has 0 saturated heterocycles. The maximum atomic E-state index is 12.6. The zero-order chi connectivity index (χ0) is 29.8. The minimum atomic E-state index is -3.63. The van der Waals surface area contributed by atoms with Gasteiger partial charge in [0.2, 0.25) is 5.60 Å². The van der Waals surface area contributed by atoms with E-state index in [2.05, 4.69) is 4.99 Å². The van der Waals surface area contributed by atoms with Crippen molar-refractivity contribution in [2.24, 2.45) is 22.2 Å². The Balaban J connectivity index is 1.80. The van der Waals surface area contributed by atoms with Gasteiger partial charge in [-0.15, -0.1) is 0 Å². The molecule has 0 bridgehead atoms. The number of nitrogens with two attached hydrogens (primary N) is 3. The first-order valence-electron chi connectivity index (χ1n) is 12.4. The largest absolute Gasteiger partial charge is 0.493 e. The lowest BCUT2D eigenvalue weighted by atomic mass is 10.1. The van der Waals surface area contributed by atoms with Crippen molar-refractivity contribution in [3.63, 3.8) is 0 Å². The normalized spacial score (nSPS) is 12.1. The Kier molecular flexibility index (Phi) is 12.0. The maximum absolute atomic E-state index is 12.6. The first kappa shape index (κ1) is 32.2. The van der Waals surface area contributed by atoms with Crippen molar-refractivity contribution in [3.8, 4) is 23.0 Å². The van der Waals surface area contributed by atoms with Crippen molar-refractivity contribution in [3.05, 3.63) is 48.5 Å². The third kappa shape index (κ3) is 12.2. The average Bonchev–Trinajstić information content (AvgIpc) is 2.85. The Morgan fingerprint density at radius 1 is 0.925 bits per heavy atom. The van der Waals surface area contributed by atoms with E-state index >= 15 is 0 Å². The number of guanidine groups is 1. The molecule has 2 aromatic rings. The fourth-order valence-electron chi connectivity index (χ4n) is 3.12. The molecule has 0 radical (unpaired) electrons. The summed E-state index contributed by atoms with van der Waals surface area (Å²) in [6, 6.07) is 11.9. The fraction of sp³-hybridized carbons (Fsp3) is 0.423. The molecule has 40 heavy (non-hydrogen) atoms. The van der Waals surface area contributed by atoms with Gasteiger partial charge in [0, 0.05) is 25.1 Å². The average molecular weight is 581 g/mol. The first-order valence-corrected chi connectivity index (χ1v) is 14.2. The lowest BCUT2D eigenvalue weighted by molar-refractivity contribution is -0.170. The smallest absolute Gasteiger partial charge is 0.357 e. The molecule has 0 heterocycles. The maximum Gasteiger partial charge on any atom is 0.357 e. The van der Waals surface area contributed by atoms with Crippen LogP contribution in [0, 0.1) is 0 Å². The summed E-state index contributed by atoms with van der Waals surface area (Å²) in [7, 11) is -3.63. The number of hydrogen-bond donors (Lipinski definition) is 3. The second-order valence-corrected chi connectivity index (χ2v) is 10.7. The molecule has 0 unspecified atom stereocenters. The third-order valence-corrected chi connectivity index (χ3v) is 5.51. The van der Waals surface area contributed by atoms with Gasteiger partial charge < -0.3 is 40.3 Å². The highest BCUT2D eigenvalue weighted by Gasteiger charge is 2.35. The Bertz CT molecular complexity index is 1280. The number of rotatable bonds is 16. The molecule has 13 nitrogen and oxygen atoms in total. The number of aliphatic imine (C=N–C) groups is 1. The van der Waals surface area contributed by atoms with Gasteiger partial charge in [0.05, 0.1) is 19.5 Å². The number of benzene rings is 2. The van der Waals surface area contributed by atoms with Gasteiger partial charge in [0.1, 0.15) is 29.0 Å². The van der Waals surface area contributed by atoms with Crippen LogP contribution >= 0.6 is 0 Å². The molecular weight excluding hydrogens is 544 g/mol. The van der Waals surface area contributed by atoms with Crippen molar-refractivity contribution < 1.29 is 41.1 Å². The summed E-state index contributed by atoms with van der Waals surface area (Å²) in [5.41, 5.74) is 14.8. The van der Waals surface area contributed by atoms with Crippen LogP contribution in [0.5, 0.6) is 23.0 Å². The van der Waals surface area contributed by atoms with E-state index in [0.717, 1.165) is 6.26 Å². The van der Waals surface area contributed by atoms with Crippen LogP contribution in [0.2, 0.25) is 0 Å². The van der Waals surface area contributed by atoms with E-state index < -0.39 is 33.7 Å². The van der Waals surface area contributed by atoms with Crippen molar-refractivity contribution in [1.82, 2.24) is 0 Å².